The summed E-state index contributed by atoms with van der Waals surface area (Å²) in [5.41, 5.74) is 23.7. The van der Waals surface area contributed by atoms with Crippen LogP contribution in [-0.4, -0.2) is 0 Å². The Hall–Kier alpha value is -7.22. The molecule has 0 aliphatic heterocycles. The van der Waals surface area contributed by atoms with Crippen LogP contribution >= 0.6 is 0 Å². The summed E-state index contributed by atoms with van der Waals surface area (Å²) in [4.78, 5) is 2.51. The molecule has 1 atom stereocenters. The second-order valence-corrected chi connectivity index (χ2v) is 16.8. The lowest BCUT2D eigenvalue weighted by Gasteiger charge is -2.33. The van der Waals surface area contributed by atoms with E-state index in [1.165, 1.54) is 89.0 Å². The van der Waals surface area contributed by atoms with E-state index in [4.69, 9.17) is 0 Å². The molecule has 0 saturated carbocycles. The van der Waals surface area contributed by atoms with E-state index in [1.807, 2.05) is 0 Å². The largest absolute Gasteiger partial charge is 0.310 e. The second-order valence-electron chi connectivity index (χ2n) is 16.8. The molecule has 3 aliphatic rings. The lowest BCUT2D eigenvalue weighted by molar-refractivity contribution is 0.660. The van der Waals surface area contributed by atoms with Gasteiger partial charge in [-0.25, -0.2) is 0 Å². The first kappa shape index (κ1) is 33.9. The monoisotopic (exact) mass is 751 g/mol. The van der Waals surface area contributed by atoms with Crippen LogP contribution in [0.15, 0.2) is 212 Å². The van der Waals surface area contributed by atoms with Crippen LogP contribution in [0.5, 0.6) is 0 Å². The summed E-state index contributed by atoms with van der Waals surface area (Å²) in [6, 6.07) is 79.3. The molecular weight excluding hydrogens is 711 g/mol. The van der Waals surface area contributed by atoms with Gasteiger partial charge in [-0.15, -0.1) is 0 Å². The van der Waals surface area contributed by atoms with Gasteiger partial charge in [-0.3, -0.25) is 0 Å². The first-order chi connectivity index (χ1) is 29.0. The number of anilines is 3. The predicted octanol–water partition coefficient (Wildman–Crippen LogP) is 15.1. The van der Waals surface area contributed by atoms with E-state index >= 15 is 0 Å². The maximum Gasteiger partial charge on any atom is 0.0726 e. The zero-order chi connectivity index (χ0) is 39.3. The predicted molar refractivity (Wildman–Crippen MR) is 246 cm³/mol. The van der Waals surface area contributed by atoms with Crippen LogP contribution in [-0.2, 0) is 10.8 Å². The van der Waals surface area contributed by atoms with E-state index in [1.54, 1.807) is 0 Å². The average Bonchev–Trinajstić information content (AvgIpc) is 3.85. The molecule has 1 spiro atoms. The van der Waals surface area contributed by atoms with Gasteiger partial charge in [0, 0.05) is 22.4 Å². The van der Waals surface area contributed by atoms with Crippen molar-refractivity contribution in [1.29, 1.82) is 0 Å². The first-order valence-electron chi connectivity index (χ1n) is 20.8. The van der Waals surface area contributed by atoms with E-state index in [0.29, 0.717) is 0 Å². The molecule has 0 aromatic heterocycles. The molecule has 1 heteroatoms. The molecule has 0 saturated heterocycles. The minimum Gasteiger partial charge on any atom is -0.310 e. The van der Waals surface area contributed by atoms with Gasteiger partial charge in [-0.2, -0.15) is 0 Å². The summed E-state index contributed by atoms with van der Waals surface area (Å²) < 4.78 is 0. The molecule has 9 aromatic rings. The average molecular weight is 752 g/mol. The van der Waals surface area contributed by atoms with Gasteiger partial charge in [0.2, 0.25) is 0 Å². The summed E-state index contributed by atoms with van der Waals surface area (Å²) in [6.45, 7) is 4.75. The van der Waals surface area contributed by atoms with Crippen LogP contribution < -0.4 is 4.90 Å². The summed E-state index contributed by atoms with van der Waals surface area (Å²) in [5.74, 6) is 0. The van der Waals surface area contributed by atoms with Crippen molar-refractivity contribution in [3.63, 3.8) is 0 Å². The minimum absolute atomic E-state index is 0.133. The lowest BCUT2D eigenvalue weighted by Crippen LogP contribution is -2.26. The molecule has 1 unspecified atom stereocenters. The number of fused-ring (bicyclic) bond motifs is 13. The Morgan fingerprint density at radius 3 is 1.41 bits per heavy atom. The van der Waals surface area contributed by atoms with E-state index in [2.05, 4.69) is 231 Å². The quantitative estimate of drug-likeness (QED) is 0.169. The Morgan fingerprint density at radius 2 is 0.746 bits per heavy atom. The Bertz CT molecular complexity index is 3140. The van der Waals surface area contributed by atoms with Crippen LogP contribution in [0.4, 0.5) is 17.1 Å². The number of rotatable bonds is 5. The van der Waals surface area contributed by atoms with Crippen LogP contribution in [0.3, 0.4) is 0 Å². The zero-order valence-corrected chi connectivity index (χ0v) is 33.2. The number of hydrogen-bond acceptors (Lipinski definition) is 1. The molecule has 0 bridgehead atoms. The zero-order valence-electron chi connectivity index (χ0n) is 33.2. The molecule has 0 heterocycles. The van der Waals surface area contributed by atoms with Crippen molar-refractivity contribution in [2.75, 3.05) is 4.90 Å². The number of hydrogen-bond donors (Lipinski definition) is 0. The standard InChI is InChI=1S/C58H41N/c1-57(2)50-25-13-9-22-44(50)47-32-30-41(36-54(47)57)59(56-28-16-12-21-43(56)39-19-7-4-8-20-39)42-31-33-48-45-23-10-14-26-51(45)58(55(48)37-42)52-27-15-11-24-46(52)49-35-40(29-34-53(49)58)38-17-5-3-6-18-38/h3-37H,1-2H3. The number of nitrogens with zero attached hydrogens (tertiary/aromatic N) is 1. The third kappa shape index (κ3) is 4.73. The molecule has 0 radical (unpaired) electrons. The molecule has 278 valence electrons. The SMILES string of the molecule is CC1(C)c2ccccc2-c2ccc(N(c3ccc4c(c3)C3(c5ccccc5-c5cc(-c6ccccc6)ccc53)c3ccccc3-4)c3ccccc3-c3ccccc3)cc21. The maximum atomic E-state index is 2.52. The van der Waals surface area contributed by atoms with E-state index in [-0.39, 0.29) is 5.41 Å². The van der Waals surface area contributed by atoms with Gasteiger partial charge >= 0.3 is 0 Å². The van der Waals surface area contributed by atoms with Gasteiger partial charge in [-0.1, -0.05) is 190 Å². The fraction of sp³-hybridized carbons (Fsp3) is 0.0690. The first-order valence-corrected chi connectivity index (χ1v) is 20.8. The smallest absolute Gasteiger partial charge is 0.0726 e. The van der Waals surface area contributed by atoms with E-state index in [0.717, 1.165) is 17.1 Å². The highest BCUT2D eigenvalue weighted by atomic mass is 15.1. The molecule has 0 amide bonds. The topological polar surface area (TPSA) is 3.24 Å². The third-order valence-electron chi connectivity index (χ3n) is 13.5. The third-order valence-corrected chi connectivity index (χ3v) is 13.5. The van der Waals surface area contributed by atoms with Gasteiger partial charge in [-0.05, 0) is 120 Å². The Balaban J connectivity index is 1.12. The summed E-state index contributed by atoms with van der Waals surface area (Å²) >= 11 is 0. The lowest BCUT2D eigenvalue weighted by atomic mass is 9.70. The molecular formula is C58H41N. The van der Waals surface area contributed by atoms with Crippen molar-refractivity contribution in [3.8, 4) is 55.6 Å². The molecule has 0 N–H and O–H groups in total. The van der Waals surface area contributed by atoms with E-state index in [9.17, 15) is 0 Å². The van der Waals surface area contributed by atoms with Gasteiger partial charge in [0.05, 0.1) is 11.1 Å². The van der Waals surface area contributed by atoms with Crippen molar-refractivity contribution in [1.82, 2.24) is 0 Å². The Labute approximate surface area is 346 Å². The highest BCUT2D eigenvalue weighted by Crippen LogP contribution is 2.64. The minimum atomic E-state index is -0.477. The molecule has 0 fully saturated rings. The van der Waals surface area contributed by atoms with Crippen LogP contribution in [0.25, 0.3) is 55.6 Å². The van der Waals surface area contributed by atoms with Crippen LogP contribution in [0.2, 0.25) is 0 Å². The second kappa shape index (κ2) is 12.6. The molecule has 1 nitrogen and oxygen atoms in total. The molecule has 12 rings (SSSR count). The fourth-order valence-electron chi connectivity index (χ4n) is 10.9. The highest BCUT2D eigenvalue weighted by Gasteiger charge is 2.52. The van der Waals surface area contributed by atoms with E-state index < -0.39 is 5.41 Å². The summed E-state index contributed by atoms with van der Waals surface area (Å²) in [5, 5.41) is 0. The van der Waals surface area contributed by atoms with Crippen molar-refractivity contribution >= 4 is 17.1 Å². The number of para-hydroxylation sites is 1. The summed E-state index contributed by atoms with van der Waals surface area (Å²) in [6.07, 6.45) is 0. The fourth-order valence-corrected chi connectivity index (χ4v) is 10.9. The van der Waals surface area contributed by atoms with Crippen LogP contribution in [0, 0.1) is 0 Å². The van der Waals surface area contributed by atoms with Crippen molar-refractivity contribution in [2.45, 2.75) is 24.7 Å². The van der Waals surface area contributed by atoms with Crippen molar-refractivity contribution < 1.29 is 0 Å². The normalized spacial score (nSPS) is 15.8. The Kier molecular flexibility index (Phi) is 7.26. The van der Waals surface area contributed by atoms with Gasteiger partial charge in [0.25, 0.3) is 0 Å². The summed E-state index contributed by atoms with van der Waals surface area (Å²) in [7, 11) is 0. The van der Waals surface area contributed by atoms with Crippen LogP contribution in [0.1, 0.15) is 47.2 Å². The molecule has 59 heavy (non-hydrogen) atoms. The van der Waals surface area contributed by atoms with Gasteiger partial charge in [0.15, 0.2) is 0 Å². The Morgan fingerprint density at radius 1 is 0.288 bits per heavy atom. The molecule has 9 aromatic carbocycles. The number of benzene rings is 9. The van der Waals surface area contributed by atoms with Crippen molar-refractivity contribution in [2.24, 2.45) is 0 Å². The van der Waals surface area contributed by atoms with Gasteiger partial charge in [0.1, 0.15) is 0 Å². The van der Waals surface area contributed by atoms with Crippen molar-refractivity contribution in [3.05, 3.63) is 246 Å². The highest BCUT2D eigenvalue weighted by molar-refractivity contribution is 5.98. The molecule has 3 aliphatic carbocycles. The van der Waals surface area contributed by atoms with Gasteiger partial charge < -0.3 is 4.90 Å². The maximum absolute atomic E-state index is 2.52.